The summed E-state index contributed by atoms with van der Waals surface area (Å²) in [5.74, 6) is 1.06. The van der Waals surface area contributed by atoms with Gasteiger partial charge in [-0.3, -0.25) is 4.79 Å². The molecule has 0 aromatic heterocycles. The van der Waals surface area contributed by atoms with E-state index in [1.807, 2.05) is 53.1 Å². The van der Waals surface area contributed by atoms with E-state index in [1.54, 1.807) is 0 Å². The van der Waals surface area contributed by atoms with Crippen molar-refractivity contribution in [2.45, 2.75) is 11.3 Å². The normalized spacial score (nSPS) is 16.1. The van der Waals surface area contributed by atoms with E-state index in [1.165, 1.54) is 16.1 Å². The first kappa shape index (κ1) is 12.8. The zero-order valence-corrected chi connectivity index (χ0v) is 12.5. The number of rotatable bonds is 1. The third-order valence-corrected chi connectivity index (χ3v) is 5.08. The Balaban J connectivity index is 1.70. The fourth-order valence-electron chi connectivity index (χ4n) is 2.97. The highest BCUT2D eigenvalue weighted by Crippen LogP contribution is 2.35. The Kier molecular flexibility index (Phi) is 3.11. The van der Waals surface area contributed by atoms with E-state index < -0.39 is 0 Å². The Bertz CT molecular complexity index is 714. The van der Waals surface area contributed by atoms with Crippen LogP contribution in [0.1, 0.15) is 15.9 Å². The summed E-state index contributed by atoms with van der Waals surface area (Å²) in [6, 6.07) is 14.2. The molecule has 4 rings (SSSR count). The van der Waals surface area contributed by atoms with Crippen molar-refractivity contribution in [2.75, 3.05) is 29.1 Å². The predicted molar refractivity (Wildman–Crippen MR) is 87.5 cm³/mol. The Morgan fingerprint density at radius 3 is 3.05 bits per heavy atom. The summed E-state index contributed by atoms with van der Waals surface area (Å²) in [6.07, 6.45) is 1.00. The van der Waals surface area contributed by atoms with Crippen LogP contribution in [0.5, 0.6) is 0 Å². The number of benzene rings is 2. The van der Waals surface area contributed by atoms with Gasteiger partial charge in [-0.15, -0.1) is 11.8 Å². The lowest BCUT2D eigenvalue weighted by Gasteiger charge is -2.29. The molecule has 2 aliphatic heterocycles. The predicted octanol–water partition coefficient (Wildman–Crippen LogP) is 3.41. The molecule has 0 unspecified atom stereocenters. The monoisotopic (exact) mass is 296 g/mol. The number of nitrogens with zero attached hydrogens (tertiary/aromatic N) is 1. The number of hydrogen-bond donors (Lipinski definition) is 1. The average Bonchev–Trinajstić information content (AvgIpc) is 3.01. The van der Waals surface area contributed by atoms with E-state index in [0.29, 0.717) is 0 Å². The number of carbonyl (C=O) groups excluding carboxylic acids is 1. The number of carbonyl (C=O) groups is 1. The molecule has 2 aromatic rings. The molecular formula is C17H16N2OS. The molecule has 2 heterocycles. The highest BCUT2D eigenvalue weighted by Gasteiger charge is 2.24. The number of fused-ring (bicyclic) bond motifs is 2. The first-order valence-corrected chi connectivity index (χ1v) is 8.22. The van der Waals surface area contributed by atoms with Gasteiger partial charge < -0.3 is 10.2 Å². The minimum Gasteiger partial charge on any atom is -0.384 e. The molecule has 1 amide bonds. The van der Waals surface area contributed by atoms with Gasteiger partial charge in [0, 0.05) is 35.0 Å². The van der Waals surface area contributed by atoms with E-state index in [-0.39, 0.29) is 5.91 Å². The molecule has 0 spiro atoms. The van der Waals surface area contributed by atoms with E-state index >= 15 is 0 Å². The van der Waals surface area contributed by atoms with E-state index in [4.69, 9.17) is 0 Å². The van der Waals surface area contributed by atoms with Gasteiger partial charge in [0.2, 0.25) is 0 Å². The maximum atomic E-state index is 12.9. The Morgan fingerprint density at radius 1 is 1.19 bits per heavy atom. The molecule has 0 fully saturated rings. The summed E-state index contributed by atoms with van der Waals surface area (Å²) in [5.41, 5.74) is 4.25. The van der Waals surface area contributed by atoms with Crippen LogP contribution in [0.3, 0.4) is 0 Å². The fourth-order valence-corrected chi connectivity index (χ4v) is 3.97. The molecule has 106 valence electrons. The van der Waals surface area contributed by atoms with Crippen LogP contribution < -0.4 is 10.2 Å². The van der Waals surface area contributed by atoms with Gasteiger partial charge in [0.05, 0.1) is 5.69 Å². The van der Waals surface area contributed by atoms with Crippen molar-refractivity contribution in [2.24, 2.45) is 0 Å². The molecule has 0 bridgehead atoms. The molecule has 3 nitrogen and oxygen atoms in total. The maximum Gasteiger partial charge on any atom is 0.258 e. The first-order valence-electron chi connectivity index (χ1n) is 7.23. The summed E-state index contributed by atoms with van der Waals surface area (Å²) in [4.78, 5) is 16.0. The number of hydrogen-bond acceptors (Lipinski definition) is 3. The smallest absolute Gasteiger partial charge is 0.258 e. The van der Waals surface area contributed by atoms with Crippen LogP contribution in [0.2, 0.25) is 0 Å². The van der Waals surface area contributed by atoms with Crippen LogP contribution in [0.15, 0.2) is 47.4 Å². The van der Waals surface area contributed by atoms with Gasteiger partial charge in [-0.25, -0.2) is 0 Å². The second kappa shape index (κ2) is 5.11. The number of thioether (sulfide) groups is 1. The van der Waals surface area contributed by atoms with Gasteiger partial charge in [-0.2, -0.15) is 0 Å². The van der Waals surface area contributed by atoms with Crippen molar-refractivity contribution < 1.29 is 4.79 Å². The number of para-hydroxylation sites is 1. The summed E-state index contributed by atoms with van der Waals surface area (Å²) in [5, 5.41) is 3.33. The van der Waals surface area contributed by atoms with Gasteiger partial charge in [-0.05, 0) is 42.3 Å². The van der Waals surface area contributed by atoms with E-state index in [0.717, 1.165) is 36.5 Å². The summed E-state index contributed by atoms with van der Waals surface area (Å²) in [7, 11) is 0. The Morgan fingerprint density at radius 2 is 2.10 bits per heavy atom. The topological polar surface area (TPSA) is 32.3 Å². The van der Waals surface area contributed by atoms with Crippen molar-refractivity contribution in [1.82, 2.24) is 0 Å². The average molecular weight is 296 g/mol. The highest BCUT2D eigenvalue weighted by molar-refractivity contribution is 7.99. The zero-order valence-electron chi connectivity index (χ0n) is 11.6. The second-order valence-corrected chi connectivity index (χ2v) is 6.46. The number of anilines is 2. The lowest BCUT2D eigenvalue weighted by molar-refractivity contribution is 0.0987. The van der Waals surface area contributed by atoms with E-state index in [9.17, 15) is 4.79 Å². The minimum atomic E-state index is 0.109. The molecule has 1 N–H and O–H groups in total. The van der Waals surface area contributed by atoms with Gasteiger partial charge in [-0.1, -0.05) is 12.1 Å². The standard InChI is InChI=1S/C17H16N2OS/c20-17(13-5-6-14-12(11-13)7-8-18-14)19-9-10-21-16-4-2-1-3-15(16)19/h1-6,11,18H,7-10H2. The van der Waals surface area contributed by atoms with Crippen molar-refractivity contribution >= 4 is 29.0 Å². The lowest BCUT2D eigenvalue weighted by atomic mass is 10.1. The molecule has 0 radical (unpaired) electrons. The molecular weight excluding hydrogens is 280 g/mol. The molecule has 4 heteroatoms. The van der Waals surface area contributed by atoms with Gasteiger partial charge in [0.1, 0.15) is 0 Å². The van der Waals surface area contributed by atoms with Gasteiger partial charge >= 0.3 is 0 Å². The largest absolute Gasteiger partial charge is 0.384 e. The van der Waals surface area contributed by atoms with Crippen LogP contribution in [0, 0.1) is 0 Å². The summed E-state index contributed by atoms with van der Waals surface area (Å²) >= 11 is 1.82. The fraction of sp³-hybridized carbons (Fsp3) is 0.235. The molecule has 0 saturated heterocycles. The third kappa shape index (κ3) is 2.20. The van der Waals surface area contributed by atoms with Crippen LogP contribution >= 0.6 is 11.8 Å². The number of amides is 1. The quantitative estimate of drug-likeness (QED) is 0.875. The van der Waals surface area contributed by atoms with Crippen LogP contribution in [-0.4, -0.2) is 24.7 Å². The van der Waals surface area contributed by atoms with Crippen LogP contribution in [0.25, 0.3) is 0 Å². The summed E-state index contributed by atoms with van der Waals surface area (Å²) in [6.45, 7) is 1.74. The second-order valence-electron chi connectivity index (χ2n) is 5.32. The first-order chi connectivity index (χ1) is 10.3. The minimum absolute atomic E-state index is 0.109. The summed E-state index contributed by atoms with van der Waals surface area (Å²) < 4.78 is 0. The SMILES string of the molecule is O=C(c1ccc2c(c1)CCN2)N1CCSc2ccccc21. The van der Waals surface area contributed by atoms with Gasteiger partial charge in [0.15, 0.2) is 0 Å². The van der Waals surface area contributed by atoms with Crippen molar-refractivity contribution in [3.63, 3.8) is 0 Å². The highest BCUT2D eigenvalue weighted by atomic mass is 32.2. The Labute approximate surface area is 128 Å². The third-order valence-electron chi connectivity index (χ3n) is 4.04. The van der Waals surface area contributed by atoms with Crippen molar-refractivity contribution in [3.8, 4) is 0 Å². The molecule has 21 heavy (non-hydrogen) atoms. The Hall–Kier alpha value is -1.94. The van der Waals surface area contributed by atoms with Crippen molar-refractivity contribution in [1.29, 1.82) is 0 Å². The van der Waals surface area contributed by atoms with Crippen LogP contribution in [-0.2, 0) is 6.42 Å². The van der Waals surface area contributed by atoms with Crippen LogP contribution in [0.4, 0.5) is 11.4 Å². The van der Waals surface area contributed by atoms with Gasteiger partial charge in [0.25, 0.3) is 5.91 Å². The van der Waals surface area contributed by atoms with E-state index in [2.05, 4.69) is 11.4 Å². The lowest BCUT2D eigenvalue weighted by Crippen LogP contribution is -2.35. The molecule has 2 aliphatic rings. The molecule has 0 atom stereocenters. The molecule has 2 aromatic carbocycles. The maximum absolute atomic E-state index is 12.9. The molecule has 0 saturated carbocycles. The zero-order chi connectivity index (χ0) is 14.2. The molecule has 0 aliphatic carbocycles. The number of nitrogens with one attached hydrogen (secondary N) is 1. The van der Waals surface area contributed by atoms with Crippen molar-refractivity contribution in [3.05, 3.63) is 53.6 Å².